The van der Waals surface area contributed by atoms with Gasteiger partial charge in [0, 0.05) is 10.8 Å². The van der Waals surface area contributed by atoms with Crippen molar-refractivity contribution < 1.29 is 36.1 Å². The third-order valence-corrected chi connectivity index (χ3v) is 6.96. The van der Waals surface area contributed by atoms with E-state index in [4.69, 9.17) is 4.74 Å². The molecule has 1 heterocycles. The van der Waals surface area contributed by atoms with Gasteiger partial charge in [-0.15, -0.1) is 11.3 Å². The number of hydrogen-bond donors (Lipinski definition) is 1. The van der Waals surface area contributed by atoms with E-state index in [1.54, 1.807) is 0 Å². The number of hydrogen-bond acceptors (Lipinski definition) is 4. The zero-order valence-electron chi connectivity index (χ0n) is 15.7. The Morgan fingerprint density at radius 2 is 1.88 bits per heavy atom. The van der Waals surface area contributed by atoms with Crippen LogP contribution in [0.3, 0.4) is 0 Å². The van der Waals surface area contributed by atoms with Gasteiger partial charge in [-0.05, 0) is 45.1 Å². The molecule has 1 atom stereocenters. The molecule has 1 saturated carbocycles. The Balaban J connectivity index is 0.00000312. The number of aliphatic hydroxyl groups is 1. The van der Waals surface area contributed by atoms with Gasteiger partial charge < -0.3 is 31.3 Å². The minimum Gasteiger partial charge on any atom is -1.00 e. The summed E-state index contributed by atoms with van der Waals surface area (Å²) >= 11 is 1.44. The van der Waals surface area contributed by atoms with E-state index in [1.165, 1.54) is 11.3 Å². The van der Waals surface area contributed by atoms with E-state index in [2.05, 4.69) is 20.8 Å². The van der Waals surface area contributed by atoms with Crippen molar-refractivity contribution >= 4 is 17.3 Å². The smallest absolute Gasteiger partial charge is 0.344 e. The van der Waals surface area contributed by atoms with Crippen molar-refractivity contribution in [2.45, 2.75) is 52.1 Å². The Kier molecular flexibility index (Phi) is 9.09. The minimum atomic E-state index is -1.47. The molecule has 6 heteroatoms. The predicted molar refractivity (Wildman–Crippen MR) is 97.9 cm³/mol. The summed E-state index contributed by atoms with van der Waals surface area (Å²) in [6.07, 6.45) is 3.94. The van der Waals surface area contributed by atoms with Gasteiger partial charge in [0.25, 0.3) is 0 Å². The van der Waals surface area contributed by atoms with E-state index in [0.717, 1.165) is 61.2 Å². The maximum absolute atomic E-state index is 12.8. The van der Waals surface area contributed by atoms with Gasteiger partial charge in [-0.3, -0.25) is 0 Å². The second-order valence-corrected chi connectivity index (χ2v) is 7.82. The van der Waals surface area contributed by atoms with Crippen LogP contribution in [0.15, 0.2) is 17.5 Å². The van der Waals surface area contributed by atoms with Crippen molar-refractivity contribution in [3.05, 3.63) is 22.4 Å². The van der Waals surface area contributed by atoms with E-state index in [-0.39, 0.29) is 22.9 Å². The van der Waals surface area contributed by atoms with Crippen molar-refractivity contribution in [3.63, 3.8) is 0 Å². The van der Waals surface area contributed by atoms with E-state index < -0.39 is 11.6 Å². The van der Waals surface area contributed by atoms with Crippen molar-refractivity contribution in [1.29, 1.82) is 0 Å². The van der Waals surface area contributed by atoms with Gasteiger partial charge >= 0.3 is 5.97 Å². The summed E-state index contributed by atoms with van der Waals surface area (Å²) in [7, 11) is 0. The number of halogens is 1. The van der Waals surface area contributed by atoms with Crippen LogP contribution in [0.4, 0.5) is 0 Å². The average Bonchev–Trinajstić information content (AvgIpc) is 3.32. The lowest BCUT2D eigenvalue weighted by Crippen LogP contribution is -3.00. The zero-order chi connectivity index (χ0) is 17.6. The molecule has 1 aromatic rings. The van der Waals surface area contributed by atoms with Gasteiger partial charge in [-0.25, -0.2) is 4.79 Å². The molecule has 0 amide bonds. The van der Waals surface area contributed by atoms with Crippen LogP contribution < -0.4 is 17.0 Å². The first kappa shape index (κ1) is 22.6. The van der Waals surface area contributed by atoms with Gasteiger partial charge in [0.2, 0.25) is 0 Å². The highest BCUT2D eigenvalue weighted by Gasteiger charge is 2.48. The first-order valence-electron chi connectivity index (χ1n) is 9.31. The highest BCUT2D eigenvalue weighted by Crippen LogP contribution is 2.43. The maximum atomic E-state index is 12.8. The fraction of sp³-hybridized carbons (Fsp3) is 0.737. The number of quaternary nitrogens is 1. The summed E-state index contributed by atoms with van der Waals surface area (Å²) in [6.45, 7) is 10.8. The molecule has 0 saturated heterocycles. The van der Waals surface area contributed by atoms with E-state index in [9.17, 15) is 9.90 Å². The van der Waals surface area contributed by atoms with Crippen LogP contribution in [0, 0.1) is 5.92 Å². The maximum Gasteiger partial charge on any atom is 0.344 e. The number of nitrogens with zero attached hydrogens (tertiary/aromatic N) is 1. The second-order valence-electron chi connectivity index (χ2n) is 6.87. The number of likely N-dealkylation sites (N-methyl/N-ethyl adjacent to an activating group) is 1. The first-order valence-corrected chi connectivity index (χ1v) is 10.2. The molecule has 1 N–H and O–H groups in total. The topological polar surface area (TPSA) is 46.5 Å². The molecule has 0 radical (unpaired) electrons. The van der Waals surface area contributed by atoms with E-state index in [1.807, 2.05) is 17.5 Å². The molecule has 4 nitrogen and oxygen atoms in total. The molecule has 1 fully saturated rings. The Bertz CT molecular complexity index is 504. The summed E-state index contributed by atoms with van der Waals surface area (Å²) in [5, 5.41) is 13.2. The van der Waals surface area contributed by atoms with Crippen LogP contribution in [-0.4, -0.2) is 48.3 Å². The number of rotatable bonds is 9. The van der Waals surface area contributed by atoms with Crippen LogP contribution in [0.2, 0.25) is 0 Å². The van der Waals surface area contributed by atoms with Crippen molar-refractivity contribution in [2.75, 3.05) is 32.8 Å². The zero-order valence-corrected chi connectivity index (χ0v) is 18.1. The quantitative estimate of drug-likeness (QED) is 0.456. The Morgan fingerprint density at radius 1 is 1.28 bits per heavy atom. The summed E-state index contributed by atoms with van der Waals surface area (Å²) < 4.78 is 6.55. The molecule has 1 aliphatic carbocycles. The van der Waals surface area contributed by atoms with Crippen molar-refractivity contribution in [1.82, 2.24) is 0 Å². The predicted octanol–water partition coefficient (Wildman–Crippen LogP) is 0.550. The van der Waals surface area contributed by atoms with Crippen LogP contribution in [0.5, 0.6) is 0 Å². The first-order chi connectivity index (χ1) is 11.5. The SMILES string of the molecule is CC[N+](CC)(CC)CCOC(=O)C(O)(c1cccs1)C1CCCC1.[Br-]. The summed E-state index contributed by atoms with van der Waals surface area (Å²) in [5.74, 6) is -0.482. The molecule has 0 spiro atoms. The highest BCUT2D eigenvalue weighted by atomic mass is 79.9. The molecule has 1 unspecified atom stereocenters. The van der Waals surface area contributed by atoms with Gasteiger partial charge in [-0.2, -0.15) is 0 Å². The summed E-state index contributed by atoms with van der Waals surface area (Å²) in [5.41, 5.74) is -1.47. The van der Waals surface area contributed by atoms with Gasteiger partial charge in [-0.1, -0.05) is 18.9 Å². The van der Waals surface area contributed by atoms with Crippen molar-refractivity contribution in [3.8, 4) is 0 Å². The van der Waals surface area contributed by atoms with E-state index >= 15 is 0 Å². The molecule has 2 rings (SSSR count). The lowest BCUT2D eigenvalue weighted by atomic mass is 9.84. The molecule has 1 aliphatic rings. The van der Waals surface area contributed by atoms with Crippen LogP contribution in [-0.2, 0) is 15.1 Å². The monoisotopic (exact) mass is 433 g/mol. The summed E-state index contributed by atoms with van der Waals surface area (Å²) in [6, 6.07) is 3.75. The molecule has 25 heavy (non-hydrogen) atoms. The number of carbonyl (C=O) groups excluding carboxylic acids is 1. The van der Waals surface area contributed by atoms with Crippen molar-refractivity contribution in [2.24, 2.45) is 5.92 Å². The molecule has 0 aromatic carbocycles. The number of ether oxygens (including phenoxy) is 1. The number of esters is 1. The standard InChI is InChI=1S/C19H32NO3S.BrH/c1-4-20(5-2,6-3)13-14-23-18(21)19(22,16-10-7-8-11-16)17-12-9-15-24-17;/h9,12,15-16,22H,4-8,10-11,13-14H2,1-3H3;1H/q+1;/p-1. The molecular formula is C19H32BrNO3S. The molecule has 0 aliphatic heterocycles. The Hall–Kier alpha value is -0.430. The normalized spacial score (nSPS) is 17.8. The Labute approximate surface area is 166 Å². The number of thiophene rings is 1. The Morgan fingerprint density at radius 3 is 2.36 bits per heavy atom. The molecule has 144 valence electrons. The fourth-order valence-corrected chi connectivity index (χ4v) is 4.79. The molecule has 1 aromatic heterocycles. The molecule has 0 bridgehead atoms. The lowest BCUT2D eigenvalue weighted by molar-refractivity contribution is -0.923. The minimum absolute atomic E-state index is 0. The van der Waals surface area contributed by atoms with Crippen LogP contribution in [0.1, 0.15) is 51.3 Å². The average molecular weight is 434 g/mol. The lowest BCUT2D eigenvalue weighted by Gasteiger charge is -2.36. The summed E-state index contributed by atoms with van der Waals surface area (Å²) in [4.78, 5) is 13.6. The third kappa shape index (κ3) is 4.85. The van der Waals surface area contributed by atoms with Gasteiger partial charge in [0.1, 0.15) is 13.2 Å². The van der Waals surface area contributed by atoms with Crippen LogP contribution in [0.25, 0.3) is 0 Å². The van der Waals surface area contributed by atoms with Gasteiger partial charge in [0.05, 0.1) is 19.6 Å². The molecular weight excluding hydrogens is 402 g/mol. The van der Waals surface area contributed by atoms with Gasteiger partial charge in [0.15, 0.2) is 5.60 Å². The van der Waals surface area contributed by atoms with E-state index in [0.29, 0.717) is 6.61 Å². The number of carbonyl (C=O) groups is 1. The third-order valence-electron chi connectivity index (χ3n) is 5.97. The fourth-order valence-electron chi connectivity index (χ4n) is 3.89. The second kappa shape index (κ2) is 10.0. The van der Waals surface area contributed by atoms with Crippen LogP contribution >= 0.6 is 11.3 Å². The largest absolute Gasteiger partial charge is 1.00 e. The highest BCUT2D eigenvalue weighted by molar-refractivity contribution is 7.10.